The minimum atomic E-state index is -4.07. The highest BCUT2D eigenvalue weighted by atomic mass is 32.2. The average Bonchev–Trinajstić information content (AvgIpc) is 2.88. The van der Waals surface area contributed by atoms with E-state index in [1.165, 1.54) is 26.0 Å². The van der Waals surface area contributed by atoms with E-state index < -0.39 is 34.3 Å². The van der Waals surface area contributed by atoms with E-state index in [2.05, 4.69) is 0 Å². The van der Waals surface area contributed by atoms with Gasteiger partial charge >= 0.3 is 11.9 Å². The lowest BCUT2D eigenvalue weighted by molar-refractivity contribution is -0.163. The molecule has 0 N–H and O–H groups in total. The van der Waals surface area contributed by atoms with Gasteiger partial charge in [0.15, 0.2) is 6.10 Å². The van der Waals surface area contributed by atoms with Gasteiger partial charge in [0.2, 0.25) is 6.23 Å². The van der Waals surface area contributed by atoms with Crippen LogP contribution in [0.15, 0.2) is 53.4 Å². The fourth-order valence-corrected chi connectivity index (χ4v) is 4.57. The second-order valence-electron chi connectivity index (χ2n) is 6.20. The maximum absolute atomic E-state index is 13.3. The van der Waals surface area contributed by atoms with Crippen molar-refractivity contribution in [3.63, 3.8) is 0 Å². The largest absolute Gasteiger partial charge is 0.451 e. The van der Waals surface area contributed by atoms with Crippen molar-refractivity contribution >= 4 is 27.6 Å². The van der Waals surface area contributed by atoms with Gasteiger partial charge in [0.25, 0.3) is 10.0 Å². The van der Waals surface area contributed by atoms with E-state index in [1.54, 1.807) is 36.4 Å². The SMILES string of the molecule is CC(=O)O[C@@H]1c2ccccc2N(S(=O)(=O)c2ccc(C)cc2)[C@H]1OC(C)=O. The van der Waals surface area contributed by atoms with Crippen molar-refractivity contribution in [3.05, 3.63) is 59.7 Å². The number of benzene rings is 2. The van der Waals surface area contributed by atoms with Gasteiger partial charge in [0, 0.05) is 19.4 Å². The van der Waals surface area contributed by atoms with Gasteiger partial charge in [-0.25, -0.2) is 12.7 Å². The van der Waals surface area contributed by atoms with Crippen molar-refractivity contribution in [2.24, 2.45) is 0 Å². The topological polar surface area (TPSA) is 90.0 Å². The molecule has 27 heavy (non-hydrogen) atoms. The van der Waals surface area contributed by atoms with Gasteiger partial charge in [-0.1, -0.05) is 35.9 Å². The molecular weight excluding hydrogens is 370 g/mol. The fourth-order valence-electron chi connectivity index (χ4n) is 3.01. The maximum atomic E-state index is 13.3. The number of para-hydroxylation sites is 1. The van der Waals surface area contributed by atoms with Crippen molar-refractivity contribution in [1.29, 1.82) is 0 Å². The number of rotatable bonds is 4. The molecule has 0 radical (unpaired) electrons. The van der Waals surface area contributed by atoms with Crippen LogP contribution in [0.5, 0.6) is 0 Å². The van der Waals surface area contributed by atoms with Gasteiger partial charge < -0.3 is 9.47 Å². The lowest BCUT2D eigenvalue weighted by Gasteiger charge is -2.28. The highest BCUT2D eigenvalue weighted by molar-refractivity contribution is 7.92. The summed E-state index contributed by atoms with van der Waals surface area (Å²) in [6.07, 6.45) is -2.38. The van der Waals surface area contributed by atoms with Crippen LogP contribution < -0.4 is 4.31 Å². The smallest absolute Gasteiger partial charge is 0.304 e. The predicted octanol–water partition coefficient (Wildman–Crippen LogP) is 2.70. The van der Waals surface area contributed by atoms with Crippen molar-refractivity contribution < 1.29 is 27.5 Å². The van der Waals surface area contributed by atoms with Crippen LogP contribution in [0.2, 0.25) is 0 Å². The Balaban J connectivity index is 2.17. The van der Waals surface area contributed by atoms with Crippen LogP contribution in [0.4, 0.5) is 5.69 Å². The van der Waals surface area contributed by atoms with Crippen molar-refractivity contribution in [2.45, 2.75) is 38.0 Å². The minimum absolute atomic E-state index is 0.0449. The molecule has 1 aliphatic rings. The van der Waals surface area contributed by atoms with Gasteiger partial charge in [-0.15, -0.1) is 0 Å². The van der Waals surface area contributed by atoms with Crippen LogP contribution in [0, 0.1) is 6.92 Å². The lowest BCUT2D eigenvalue weighted by atomic mass is 10.1. The summed E-state index contributed by atoms with van der Waals surface area (Å²) in [7, 11) is -4.07. The lowest BCUT2D eigenvalue weighted by Crippen LogP contribution is -2.42. The number of carbonyl (C=O) groups is 2. The first kappa shape index (κ1) is 18.9. The van der Waals surface area contributed by atoms with E-state index >= 15 is 0 Å². The summed E-state index contributed by atoms with van der Waals surface area (Å²) in [4.78, 5) is 23.3. The normalized spacial score (nSPS) is 18.7. The fraction of sp³-hybridized carbons (Fsp3) is 0.263. The molecule has 2 atom stereocenters. The first-order chi connectivity index (χ1) is 12.7. The Labute approximate surface area is 157 Å². The number of nitrogens with zero attached hydrogens (tertiary/aromatic N) is 1. The summed E-state index contributed by atoms with van der Waals surface area (Å²) in [5, 5.41) is 0. The Morgan fingerprint density at radius 2 is 1.52 bits per heavy atom. The number of hydrogen-bond donors (Lipinski definition) is 0. The van der Waals surface area contributed by atoms with E-state index in [9.17, 15) is 18.0 Å². The Morgan fingerprint density at radius 1 is 0.926 bits per heavy atom. The van der Waals surface area contributed by atoms with E-state index in [-0.39, 0.29) is 4.90 Å². The Morgan fingerprint density at radius 3 is 2.11 bits per heavy atom. The van der Waals surface area contributed by atoms with E-state index in [0.29, 0.717) is 11.3 Å². The summed E-state index contributed by atoms with van der Waals surface area (Å²) in [5.41, 5.74) is 1.66. The highest BCUT2D eigenvalue weighted by Crippen LogP contribution is 2.45. The number of esters is 2. The summed E-state index contributed by atoms with van der Waals surface area (Å²) in [6.45, 7) is 4.23. The number of ether oxygens (including phenoxy) is 2. The summed E-state index contributed by atoms with van der Waals surface area (Å²) >= 11 is 0. The van der Waals surface area contributed by atoms with Crippen LogP contribution in [0.3, 0.4) is 0 Å². The molecule has 3 rings (SSSR count). The molecule has 1 heterocycles. The third-order valence-electron chi connectivity index (χ3n) is 4.13. The zero-order valence-electron chi connectivity index (χ0n) is 15.1. The third kappa shape index (κ3) is 3.52. The molecule has 7 nitrogen and oxygen atoms in total. The molecule has 0 aliphatic carbocycles. The summed E-state index contributed by atoms with van der Waals surface area (Å²) in [5.74, 6) is -1.30. The molecule has 0 bridgehead atoms. The molecule has 0 unspecified atom stereocenters. The summed E-state index contributed by atoms with van der Waals surface area (Å²) in [6, 6.07) is 12.9. The Hall–Kier alpha value is -2.87. The predicted molar refractivity (Wildman–Crippen MR) is 97.3 cm³/mol. The van der Waals surface area contributed by atoms with Gasteiger partial charge in [-0.05, 0) is 25.1 Å². The average molecular weight is 389 g/mol. The molecule has 0 fully saturated rings. The number of hydrogen-bond acceptors (Lipinski definition) is 6. The number of fused-ring (bicyclic) bond motifs is 1. The first-order valence-corrected chi connectivity index (χ1v) is 9.70. The monoisotopic (exact) mass is 389 g/mol. The van der Waals surface area contributed by atoms with Crippen molar-refractivity contribution in [3.8, 4) is 0 Å². The molecular formula is C19H19NO6S. The van der Waals surface area contributed by atoms with Crippen LogP contribution >= 0.6 is 0 Å². The highest BCUT2D eigenvalue weighted by Gasteiger charge is 2.48. The summed E-state index contributed by atoms with van der Waals surface area (Å²) < 4.78 is 38.2. The Kier molecular flexibility index (Phi) is 4.93. The number of carbonyl (C=O) groups excluding carboxylic acids is 2. The van der Waals surface area contributed by atoms with Crippen LogP contribution in [0.25, 0.3) is 0 Å². The first-order valence-electron chi connectivity index (χ1n) is 8.26. The Bertz CT molecular complexity index is 984. The molecule has 0 aromatic heterocycles. The second-order valence-corrected chi connectivity index (χ2v) is 8.02. The van der Waals surface area contributed by atoms with E-state index in [4.69, 9.17) is 9.47 Å². The van der Waals surface area contributed by atoms with Gasteiger partial charge in [0.05, 0.1) is 10.6 Å². The molecule has 8 heteroatoms. The molecule has 0 saturated heterocycles. The van der Waals surface area contributed by atoms with E-state index in [1.807, 2.05) is 6.92 Å². The van der Waals surface area contributed by atoms with Gasteiger partial charge in [0.1, 0.15) is 0 Å². The third-order valence-corrected chi connectivity index (χ3v) is 5.92. The molecule has 1 aliphatic heterocycles. The number of sulfonamides is 1. The van der Waals surface area contributed by atoms with E-state index in [0.717, 1.165) is 9.87 Å². The standard InChI is InChI=1S/C19H19NO6S/c1-12-8-10-15(11-9-12)27(23,24)20-17-7-5-4-6-16(17)18(25-13(2)21)19(20)26-14(3)22/h4-11,18-19H,1-3H3/t18-,19+/m1/s1. The van der Waals surface area contributed by atoms with Crippen LogP contribution in [-0.4, -0.2) is 26.6 Å². The van der Waals surface area contributed by atoms with Gasteiger partial charge in [-0.3, -0.25) is 9.59 Å². The molecule has 0 amide bonds. The minimum Gasteiger partial charge on any atom is -0.451 e. The molecule has 142 valence electrons. The number of anilines is 1. The maximum Gasteiger partial charge on any atom is 0.304 e. The molecule has 2 aromatic rings. The molecule has 0 saturated carbocycles. The zero-order chi connectivity index (χ0) is 19.8. The quantitative estimate of drug-likeness (QED) is 0.747. The van der Waals surface area contributed by atoms with Crippen LogP contribution in [-0.2, 0) is 29.1 Å². The molecule has 2 aromatic carbocycles. The zero-order valence-corrected chi connectivity index (χ0v) is 15.9. The van der Waals surface area contributed by atoms with Crippen molar-refractivity contribution in [1.82, 2.24) is 0 Å². The molecule has 0 spiro atoms. The second kappa shape index (κ2) is 7.03. The van der Waals surface area contributed by atoms with Crippen molar-refractivity contribution in [2.75, 3.05) is 4.31 Å². The van der Waals surface area contributed by atoms with Crippen LogP contribution in [0.1, 0.15) is 31.1 Å². The number of aryl methyl sites for hydroxylation is 1. The van der Waals surface area contributed by atoms with Gasteiger partial charge in [-0.2, -0.15) is 0 Å².